The minimum atomic E-state index is 0.593. The molecule has 58 valence electrons. The van der Waals surface area contributed by atoms with Gasteiger partial charge < -0.3 is 4.74 Å². The lowest BCUT2D eigenvalue weighted by atomic mass is 9.86. The fourth-order valence-corrected chi connectivity index (χ4v) is 2.04. The molecule has 0 aromatic carbocycles. The summed E-state index contributed by atoms with van der Waals surface area (Å²) >= 11 is 0. The molecule has 0 bridgehead atoms. The Morgan fingerprint density at radius 3 is 3.00 bits per heavy atom. The molecule has 1 heterocycles. The average Bonchev–Trinajstić information content (AvgIpc) is 2.05. The molecule has 1 aliphatic carbocycles. The van der Waals surface area contributed by atoms with E-state index in [0.29, 0.717) is 6.10 Å². The Balaban J connectivity index is 1.93. The zero-order chi connectivity index (χ0) is 6.81. The van der Waals surface area contributed by atoms with Crippen LogP contribution in [0.2, 0.25) is 0 Å². The van der Waals surface area contributed by atoms with Gasteiger partial charge >= 0.3 is 0 Å². The fourth-order valence-electron chi connectivity index (χ4n) is 2.04. The molecular weight excluding hydrogens is 126 g/mol. The molecule has 0 spiro atoms. The molecule has 0 aromatic heterocycles. The summed E-state index contributed by atoms with van der Waals surface area (Å²) in [5.74, 6) is 0.822. The predicted molar refractivity (Wildman–Crippen MR) is 39.7 cm³/mol. The van der Waals surface area contributed by atoms with E-state index in [0.717, 1.165) is 12.6 Å². The highest BCUT2D eigenvalue weighted by Gasteiger charge is 2.27. The van der Waals surface area contributed by atoms with Crippen LogP contribution in [0.1, 0.15) is 25.7 Å². The molecule has 0 aromatic rings. The molecule has 1 aliphatic heterocycles. The Morgan fingerprint density at radius 2 is 2.10 bits per heavy atom. The summed E-state index contributed by atoms with van der Waals surface area (Å²) in [5, 5.41) is 3.26. The number of nitrogens with one attached hydrogen (secondary N) is 1. The summed E-state index contributed by atoms with van der Waals surface area (Å²) in [7, 11) is 0. The molecule has 0 radical (unpaired) electrons. The Hall–Kier alpha value is -0.0800. The van der Waals surface area contributed by atoms with Gasteiger partial charge in [-0.05, 0) is 18.8 Å². The van der Waals surface area contributed by atoms with E-state index in [1.54, 1.807) is 0 Å². The van der Waals surface area contributed by atoms with Crippen LogP contribution < -0.4 is 5.32 Å². The van der Waals surface area contributed by atoms with Crippen LogP contribution in [-0.2, 0) is 4.74 Å². The second kappa shape index (κ2) is 2.89. The first-order chi connectivity index (χ1) is 4.97. The van der Waals surface area contributed by atoms with Crippen molar-refractivity contribution in [1.82, 2.24) is 5.32 Å². The van der Waals surface area contributed by atoms with Gasteiger partial charge in [-0.1, -0.05) is 12.8 Å². The molecule has 1 saturated heterocycles. The van der Waals surface area contributed by atoms with Gasteiger partial charge in [0, 0.05) is 6.54 Å². The maximum atomic E-state index is 5.57. The first kappa shape index (κ1) is 6.62. The molecule has 1 saturated carbocycles. The van der Waals surface area contributed by atoms with E-state index < -0.39 is 0 Å². The van der Waals surface area contributed by atoms with E-state index in [4.69, 9.17) is 4.74 Å². The Kier molecular flexibility index (Phi) is 1.91. The second-order valence-electron chi connectivity index (χ2n) is 3.35. The molecule has 2 nitrogen and oxygen atoms in total. The molecule has 10 heavy (non-hydrogen) atoms. The molecule has 2 atom stereocenters. The monoisotopic (exact) mass is 141 g/mol. The van der Waals surface area contributed by atoms with Gasteiger partial charge in [-0.2, -0.15) is 0 Å². The van der Waals surface area contributed by atoms with Crippen molar-refractivity contribution in [3.63, 3.8) is 0 Å². The number of hydrogen-bond donors (Lipinski definition) is 1. The van der Waals surface area contributed by atoms with Crippen LogP contribution >= 0.6 is 0 Å². The van der Waals surface area contributed by atoms with Crippen LogP contribution in [0.3, 0.4) is 0 Å². The third-order valence-electron chi connectivity index (χ3n) is 2.65. The summed E-state index contributed by atoms with van der Waals surface area (Å²) in [6, 6.07) is 0. The molecule has 2 heteroatoms. The maximum Gasteiger partial charge on any atom is 0.0969 e. The van der Waals surface area contributed by atoms with Crippen molar-refractivity contribution in [2.45, 2.75) is 31.8 Å². The second-order valence-corrected chi connectivity index (χ2v) is 3.35. The van der Waals surface area contributed by atoms with Gasteiger partial charge in [-0.15, -0.1) is 0 Å². The van der Waals surface area contributed by atoms with E-state index >= 15 is 0 Å². The number of ether oxygens (including phenoxy) is 1. The van der Waals surface area contributed by atoms with Crippen molar-refractivity contribution in [3.05, 3.63) is 0 Å². The van der Waals surface area contributed by atoms with Gasteiger partial charge in [-0.3, -0.25) is 5.32 Å². The lowest BCUT2D eigenvalue weighted by Gasteiger charge is -2.35. The third kappa shape index (κ3) is 1.18. The van der Waals surface area contributed by atoms with Crippen LogP contribution in [0, 0.1) is 5.92 Å². The summed E-state index contributed by atoms with van der Waals surface area (Å²) in [6.45, 7) is 1.96. The Labute approximate surface area is 61.9 Å². The minimum Gasteiger partial charge on any atom is -0.363 e. The molecule has 2 fully saturated rings. The van der Waals surface area contributed by atoms with Gasteiger partial charge in [0.2, 0.25) is 0 Å². The highest BCUT2D eigenvalue weighted by atomic mass is 16.5. The summed E-state index contributed by atoms with van der Waals surface area (Å²) in [5.41, 5.74) is 0. The Bertz CT molecular complexity index is 89.8. The zero-order valence-corrected chi connectivity index (χ0v) is 6.31. The minimum absolute atomic E-state index is 0.593. The van der Waals surface area contributed by atoms with Crippen LogP contribution in [0.25, 0.3) is 0 Å². The average molecular weight is 141 g/mol. The van der Waals surface area contributed by atoms with Crippen LogP contribution in [0.4, 0.5) is 0 Å². The molecule has 2 aliphatic rings. The van der Waals surface area contributed by atoms with Crippen LogP contribution in [0.5, 0.6) is 0 Å². The maximum absolute atomic E-state index is 5.57. The molecule has 1 N–H and O–H groups in total. The van der Waals surface area contributed by atoms with E-state index in [9.17, 15) is 0 Å². The number of rotatable bonds is 0. The van der Waals surface area contributed by atoms with Gasteiger partial charge in [0.05, 0.1) is 12.8 Å². The predicted octanol–water partition coefficient (Wildman–Crippen LogP) is 1.12. The largest absolute Gasteiger partial charge is 0.363 e. The van der Waals surface area contributed by atoms with Gasteiger partial charge in [0.25, 0.3) is 0 Å². The third-order valence-corrected chi connectivity index (χ3v) is 2.65. The molecule has 0 amide bonds. The van der Waals surface area contributed by atoms with E-state index in [1.807, 2.05) is 0 Å². The first-order valence-corrected chi connectivity index (χ1v) is 4.29. The van der Waals surface area contributed by atoms with Gasteiger partial charge in [-0.25, -0.2) is 0 Å². The SMILES string of the molecule is C1CC[C@@H]2OCNC[C@H]2C1. The number of fused-ring (bicyclic) bond motifs is 1. The fraction of sp³-hybridized carbons (Fsp3) is 1.00. The van der Waals surface area contributed by atoms with Crippen molar-refractivity contribution in [2.24, 2.45) is 5.92 Å². The first-order valence-electron chi connectivity index (χ1n) is 4.29. The topological polar surface area (TPSA) is 21.3 Å². The van der Waals surface area contributed by atoms with Gasteiger partial charge in [0.15, 0.2) is 0 Å². The lowest BCUT2D eigenvalue weighted by molar-refractivity contribution is -0.0517. The Morgan fingerprint density at radius 1 is 1.20 bits per heavy atom. The van der Waals surface area contributed by atoms with Crippen LogP contribution in [0.15, 0.2) is 0 Å². The van der Waals surface area contributed by atoms with Crippen molar-refractivity contribution in [1.29, 1.82) is 0 Å². The summed E-state index contributed by atoms with van der Waals surface area (Å²) in [4.78, 5) is 0. The van der Waals surface area contributed by atoms with E-state index in [2.05, 4.69) is 5.32 Å². The van der Waals surface area contributed by atoms with Crippen molar-refractivity contribution in [2.75, 3.05) is 13.3 Å². The summed E-state index contributed by atoms with van der Waals surface area (Å²) in [6.07, 6.45) is 6.05. The molecule has 2 rings (SSSR count). The van der Waals surface area contributed by atoms with E-state index in [1.165, 1.54) is 32.2 Å². The standard InChI is InChI=1S/C8H15NO/c1-2-4-8-7(3-1)5-9-6-10-8/h7-9H,1-6H2/t7-,8+/m1/s1. The van der Waals surface area contributed by atoms with Crippen molar-refractivity contribution in [3.8, 4) is 0 Å². The quantitative estimate of drug-likeness (QED) is 0.546. The molecular formula is C8H15NO. The van der Waals surface area contributed by atoms with Crippen molar-refractivity contribution >= 4 is 0 Å². The molecule has 0 unspecified atom stereocenters. The highest BCUT2D eigenvalue weighted by molar-refractivity contribution is 4.79. The van der Waals surface area contributed by atoms with Gasteiger partial charge in [0.1, 0.15) is 0 Å². The van der Waals surface area contributed by atoms with Crippen molar-refractivity contribution < 1.29 is 4.74 Å². The highest BCUT2D eigenvalue weighted by Crippen LogP contribution is 2.27. The normalized spacial score (nSPS) is 40.8. The van der Waals surface area contributed by atoms with E-state index in [-0.39, 0.29) is 0 Å². The lowest BCUT2D eigenvalue weighted by Crippen LogP contribution is -2.43. The zero-order valence-electron chi connectivity index (χ0n) is 6.31. The van der Waals surface area contributed by atoms with Crippen LogP contribution in [-0.4, -0.2) is 19.4 Å². The number of hydrogen-bond acceptors (Lipinski definition) is 2. The summed E-state index contributed by atoms with van der Waals surface area (Å²) < 4.78 is 5.57. The smallest absolute Gasteiger partial charge is 0.0969 e.